The molecular formula is C12H15BrN2O2S. The van der Waals surface area contributed by atoms with Gasteiger partial charge in [0, 0.05) is 24.0 Å². The van der Waals surface area contributed by atoms with Crippen LogP contribution in [-0.4, -0.2) is 25.8 Å². The van der Waals surface area contributed by atoms with Gasteiger partial charge in [0.25, 0.3) is 0 Å². The van der Waals surface area contributed by atoms with E-state index in [1.165, 1.54) is 4.31 Å². The molecule has 0 atom stereocenters. The summed E-state index contributed by atoms with van der Waals surface area (Å²) < 4.78 is 26.9. The summed E-state index contributed by atoms with van der Waals surface area (Å²) in [5.41, 5.74) is 0. The smallest absolute Gasteiger partial charge is 0.207 e. The van der Waals surface area contributed by atoms with Gasteiger partial charge in [0.1, 0.15) is 0 Å². The van der Waals surface area contributed by atoms with Crippen molar-refractivity contribution in [2.75, 3.05) is 13.1 Å². The third-order valence-electron chi connectivity index (χ3n) is 2.40. The van der Waals surface area contributed by atoms with Crippen LogP contribution in [0, 0.1) is 11.3 Å². The van der Waals surface area contributed by atoms with E-state index in [0.717, 1.165) is 10.9 Å². The third kappa shape index (κ3) is 3.80. The zero-order valence-electron chi connectivity index (χ0n) is 10.1. The van der Waals surface area contributed by atoms with Crippen molar-refractivity contribution in [3.05, 3.63) is 28.7 Å². The molecule has 0 spiro atoms. The Labute approximate surface area is 116 Å². The fourth-order valence-corrected chi connectivity index (χ4v) is 3.33. The van der Waals surface area contributed by atoms with E-state index in [2.05, 4.69) is 15.9 Å². The molecule has 0 saturated carbocycles. The molecule has 6 heteroatoms. The van der Waals surface area contributed by atoms with Crippen molar-refractivity contribution in [2.24, 2.45) is 0 Å². The van der Waals surface area contributed by atoms with Crippen LogP contribution < -0.4 is 0 Å². The monoisotopic (exact) mass is 330 g/mol. The summed E-state index contributed by atoms with van der Waals surface area (Å²) in [4.78, 5) is 0.261. The quantitative estimate of drug-likeness (QED) is 0.805. The van der Waals surface area contributed by atoms with Gasteiger partial charge in [-0.25, -0.2) is 8.42 Å². The van der Waals surface area contributed by atoms with Crippen LogP contribution in [0.2, 0.25) is 0 Å². The van der Waals surface area contributed by atoms with E-state index in [9.17, 15) is 8.42 Å². The Balaban J connectivity index is 3.01. The maximum atomic E-state index is 12.3. The summed E-state index contributed by atoms with van der Waals surface area (Å²) in [5.74, 6) is 0. The van der Waals surface area contributed by atoms with Gasteiger partial charge in [0.15, 0.2) is 0 Å². The number of halogens is 1. The van der Waals surface area contributed by atoms with Crippen LogP contribution in [0.4, 0.5) is 0 Å². The van der Waals surface area contributed by atoms with Gasteiger partial charge in [-0.2, -0.15) is 9.57 Å². The molecule has 18 heavy (non-hydrogen) atoms. The van der Waals surface area contributed by atoms with Crippen LogP contribution in [0.15, 0.2) is 33.6 Å². The van der Waals surface area contributed by atoms with Crippen molar-refractivity contribution < 1.29 is 8.42 Å². The number of hydrogen-bond donors (Lipinski definition) is 0. The van der Waals surface area contributed by atoms with Crippen LogP contribution in [-0.2, 0) is 10.0 Å². The highest BCUT2D eigenvalue weighted by molar-refractivity contribution is 9.10. The molecule has 0 fully saturated rings. The minimum atomic E-state index is -3.49. The standard InChI is InChI=1S/C12H15BrN2O2S/c1-2-9-15(10-3-8-14)18(16,17)12-6-4-11(13)5-7-12/h4-7H,2-3,9-10H2,1H3. The van der Waals surface area contributed by atoms with E-state index in [1.54, 1.807) is 24.3 Å². The molecule has 0 N–H and O–H groups in total. The molecule has 0 aromatic heterocycles. The van der Waals surface area contributed by atoms with E-state index in [4.69, 9.17) is 5.26 Å². The van der Waals surface area contributed by atoms with Gasteiger partial charge in [-0.05, 0) is 30.7 Å². The lowest BCUT2D eigenvalue weighted by Crippen LogP contribution is -2.32. The second-order valence-electron chi connectivity index (χ2n) is 3.77. The zero-order valence-corrected chi connectivity index (χ0v) is 12.5. The van der Waals surface area contributed by atoms with E-state index < -0.39 is 10.0 Å². The molecule has 0 saturated heterocycles. The summed E-state index contributed by atoms with van der Waals surface area (Å²) in [6, 6.07) is 8.49. The van der Waals surface area contributed by atoms with Crippen molar-refractivity contribution in [3.8, 4) is 6.07 Å². The molecule has 0 unspecified atom stereocenters. The molecule has 0 heterocycles. The Bertz CT molecular complexity index is 520. The molecule has 0 amide bonds. The maximum absolute atomic E-state index is 12.3. The second kappa shape index (κ2) is 6.88. The minimum absolute atomic E-state index is 0.204. The lowest BCUT2D eigenvalue weighted by atomic mass is 10.4. The molecule has 0 radical (unpaired) electrons. The molecule has 0 aliphatic heterocycles. The Morgan fingerprint density at radius 1 is 1.28 bits per heavy atom. The van der Waals surface area contributed by atoms with Crippen molar-refractivity contribution in [2.45, 2.75) is 24.7 Å². The maximum Gasteiger partial charge on any atom is 0.243 e. The minimum Gasteiger partial charge on any atom is -0.207 e. The second-order valence-corrected chi connectivity index (χ2v) is 6.62. The van der Waals surface area contributed by atoms with Crippen LogP contribution in [0.3, 0.4) is 0 Å². The van der Waals surface area contributed by atoms with Gasteiger partial charge in [-0.1, -0.05) is 22.9 Å². The Morgan fingerprint density at radius 3 is 2.39 bits per heavy atom. The summed E-state index contributed by atoms with van der Waals surface area (Å²) in [7, 11) is -3.49. The number of nitriles is 1. The van der Waals surface area contributed by atoms with Crippen molar-refractivity contribution in [3.63, 3.8) is 0 Å². The van der Waals surface area contributed by atoms with Gasteiger partial charge < -0.3 is 0 Å². The average Bonchev–Trinajstić information content (AvgIpc) is 2.35. The first kappa shape index (κ1) is 15.2. The molecule has 1 aromatic carbocycles. The SMILES string of the molecule is CCCN(CCC#N)S(=O)(=O)c1ccc(Br)cc1. The number of nitrogens with zero attached hydrogens (tertiary/aromatic N) is 2. The zero-order chi connectivity index (χ0) is 13.6. The first-order chi connectivity index (χ1) is 8.52. The van der Waals surface area contributed by atoms with Crippen LogP contribution in [0.25, 0.3) is 0 Å². The van der Waals surface area contributed by atoms with E-state index >= 15 is 0 Å². The molecular weight excluding hydrogens is 316 g/mol. The number of hydrogen-bond acceptors (Lipinski definition) is 3. The number of sulfonamides is 1. The lowest BCUT2D eigenvalue weighted by Gasteiger charge is -2.20. The Kier molecular flexibility index (Phi) is 5.79. The van der Waals surface area contributed by atoms with Crippen molar-refractivity contribution in [1.29, 1.82) is 5.26 Å². The van der Waals surface area contributed by atoms with Gasteiger partial charge in [0.2, 0.25) is 10.0 Å². The van der Waals surface area contributed by atoms with E-state index in [0.29, 0.717) is 6.54 Å². The van der Waals surface area contributed by atoms with Gasteiger partial charge in [-0.15, -0.1) is 0 Å². The van der Waals surface area contributed by atoms with Crippen LogP contribution in [0.5, 0.6) is 0 Å². The number of rotatable bonds is 6. The lowest BCUT2D eigenvalue weighted by molar-refractivity contribution is 0.417. The first-order valence-corrected chi connectivity index (χ1v) is 7.88. The highest BCUT2D eigenvalue weighted by Gasteiger charge is 2.23. The molecule has 98 valence electrons. The third-order valence-corrected chi connectivity index (χ3v) is 4.84. The fourth-order valence-electron chi connectivity index (χ4n) is 1.53. The topological polar surface area (TPSA) is 61.2 Å². The highest BCUT2D eigenvalue weighted by atomic mass is 79.9. The first-order valence-electron chi connectivity index (χ1n) is 5.65. The summed E-state index contributed by atoms with van der Waals surface area (Å²) >= 11 is 3.27. The largest absolute Gasteiger partial charge is 0.243 e. The Hall–Kier alpha value is -0.900. The van der Waals surface area contributed by atoms with E-state index in [1.807, 2.05) is 13.0 Å². The molecule has 0 aliphatic rings. The van der Waals surface area contributed by atoms with Gasteiger partial charge >= 0.3 is 0 Å². The Morgan fingerprint density at radius 2 is 1.89 bits per heavy atom. The fraction of sp³-hybridized carbons (Fsp3) is 0.417. The van der Waals surface area contributed by atoms with Crippen LogP contribution in [0.1, 0.15) is 19.8 Å². The van der Waals surface area contributed by atoms with Crippen LogP contribution >= 0.6 is 15.9 Å². The van der Waals surface area contributed by atoms with E-state index in [-0.39, 0.29) is 17.9 Å². The predicted molar refractivity (Wildman–Crippen MR) is 73.4 cm³/mol. The van der Waals surface area contributed by atoms with Gasteiger partial charge in [0.05, 0.1) is 11.0 Å². The summed E-state index contributed by atoms with van der Waals surface area (Å²) in [6.45, 7) is 2.58. The van der Waals surface area contributed by atoms with Crippen molar-refractivity contribution >= 4 is 26.0 Å². The predicted octanol–water partition coefficient (Wildman–Crippen LogP) is 2.76. The molecule has 0 bridgehead atoms. The molecule has 1 rings (SSSR count). The molecule has 0 aliphatic carbocycles. The average molecular weight is 331 g/mol. The highest BCUT2D eigenvalue weighted by Crippen LogP contribution is 2.19. The summed E-state index contributed by atoms with van der Waals surface area (Å²) in [5, 5.41) is 8.58. The number of benzene rings is 1. The van der Waals surface area contributed by atoms with Crippen molar-refractivity contribution in [1.82, 2.24) is 4.31 Å². The molecule has 1 aromatic rings. The normalized spacial score (nSPS) is 11.4. The molecule has 4 nitrogen and oxygen atoms in total. The summed E-state index contributed by atoms with van der Waals surface area (Å²) in [6.07, 6.45) is 0.928. The van der Waals surface area contributed by atoms with Gasteiger partial charge in [-0.3, -0.25) is 0 Å².